The number of unbranched alkanes of at least 4 members (excludes halogenated alkanes) is 3. The smallest absolute Gasteiger partial charge is 0.263 e. The molecule has 3 heterocycles. The number of rotatable bonds is 9. The van der Waals surface area contributed by atoms with Gasteiger partial charge < -0.3 is 4.74 Å². The van der Waals surface area contributed by atoms with Crippen LogP contribution in [0.15, 0.2) is 40.3 Å². The number of thiophene rings is 1. The number of hydrogen-bond donors (Lipinski definition) is 0. The van der Waals surface area contributed by atoms with Gasteiger partial charge in [0.2, 0.25) is 0 Å². The van der Waals surface area contributed by atoms with E-state index in [1.54, 1.807) is 23.1 Å². The van der Waals surface area contributed by atoms with Crippen molar-refractivity contribution in [2.75, 3.05) is 5.75 Å². The van der Waals surface area contributed by atoms with Gasteiger partial charge in [0.05, 0.1) is 24.6 Å². The number of ether oxygens (including phenoxy) is 1. The zero-order chi connectivity index (χ0) is 21.8. The SMILES string of the molecule is CCCCCCSc1nc2sc3c(c2c(=O)n1Cc1ccccc1)C[C@@H](C(C)C)OC3. The van der Waals surface area contributed by atoms with Gasteiger partial charge in [0.1, 0.15) is 4.83 Å². The van der Waals surface area contributed by atoms with Crippen LogP contribution in [0, 0.1) is 5.92 Å². The molecule has 4 rings (SSSR count). The van der Waals surface area contributed by atoms with Crippen molar-refractivity contribution in [3.8, 4) is 0 Å². The molecule has 0 fully saturated rings. The molecule has 0 radical (unpaired) electrons. The molecule has 1 aliphatic rings. The van der Waals surface area contributed by atoms with Gasteiger partial charge >= 0.3 is 0 Å². The van der Waals surface area contributed by atoms with Crippen molar-refractivity contribution >= 4 is 33.3 Å². The maximum Gasteiger partial charge on any atom is 0.263 e. The maximum atomic E-state index is 13.8. The first-order chi connectivity index (χ1) is 15.1. The third kappa shape index (κ3) is 5.07. The molecule has 0 saturated carbocycles. The van der Waals surface area contributed by atoms with E-state index in [1.165, 1.54) is 29.7 Å². The zero-order valence-electron chi connectivity index (χ0n) is 18.7. The third-order valence-electron chi connectivity index (χ3n) is 5.95. The Bertz CT molecular complexity index is 1070. The fraction of sp³-hybridized carbons (Fsp3) is 0.520. The van der Waals surface area contributed by atoms with E-state index in [9.17, 15) is 4.79 Å². The Morgan fingerprint density at radius 3 is 2.77 bits per heavy atom. The molecule has 0 aliphatic carbocycles. The van der Waals surface area contributed by atoms with E-state index in [0.717, 1.165) is 39.5 Å². The summed E-state index contributed by atoms with van der Waals surface area (Å²) < 4.78 is 7.96. The molecular weight excluding hydrogens is 424 g/mol. The number of benzene rings is 1. The summed E-state index contributed by atoms with van der Waals surface area (Å²) in [6, 6.07) is 10.2. The number of thioether (sulfide) groups is 1. The predicted molar refractivity (Wildman–Crippen MR) is 131 cm³/mol. The first kappa shape index (κ1) is 22.6. The van der Waals surface area contributed by atoms with Crippen LogP contribution in [-0.4, -0.2) is 21.4 Å². The normalized spacial score (nSPS) is 16.2. The van der Waals surface area contributed by atoms with Crippen LogP contribution in [-0.2, 0) is 24.3 Å². The van der Waals surface area contributed by atoms with E-state index in [1.807, 2.05) is 22.8 Å². The molecule has 0 saturated heterocycles. The van der Waals surface area contributed by atoms with Crippen molar-refractivity contribution in [2.45, 2.75) is 77.3 Å². The molecule has 2 aromatic heterocycles. The average Bonchev–Trinajstić information content (AvgIpc) is 3.14. The number of aromatic nitrogens is 2. The second kappa shape index (κ2) is 10.3. The third-order valence-corrected chi connectivity index (χ3v) is 8.11. The minimum absolute atomic E-state index is 0.104. The van der Waals surface area contributed by atoms with Gasteiger partial charge in [-0.25, -0.2) is 4.98 Å². The lowest BCUT2D eigenvalue weighted by Crippen LogP contribution is -2.28. The summed E-state index contributed by atoms with van der Waals surface area (Å²) in [5, 5.41) is 1.66. The summed E-state index contributed by atoms with van der Waals surface area (Å²) >= 11 is 3.37. The fourth-order valence-electron chi connectivity index (χ4n) is 4.08. The van der Waals surface area contributed by atoms with E-state index in [0.29, 0.717) is 19.1 Å². The monoisotopic (exact) mass is 456 g/mol. The Morgan fingerprint density at radius 1 is 1.23 bits per heavy atom. The molecular formula is C25H32N2O2S2. The van der Waals surface area contributed by atoms with E-state index in [4.69, 9.17) is 9.72 Å². The van der Waals surface area contributed by atoms with Crippen LogP contribution in [0.5, 0.6) is 0 Å². The Labute approximate surface area is 193 Å². The van der Waals surface area contributed by atoms with Gasteiger partial charge in [0.15, 0.2) is 5.16 Å². The second-order valence-corrected chi connectivity index (χ2v) is 10.8. The highest BCUT2D eigenvalue weighted by Crippen LogP contribution is 2.36. The van der Waals surface area contributed by atoms with Crippen LogP contribution in [0.2, 0.25) is 0 Å². The molecule has 1 aliphatic heterocycles. The highest BCUT2D eigenvalue weighted by Gasteiger charge is 2.28. The quantitative estimate of drug-likeness (QED) is 0.216. The molecule has 0 amide bonds. The van der Waals surface area contributed by atoms with Gasteiger partial charge in [-0.15, -0.1) is 11.3 Å². The van der Waals surface area contributed by atoms with Gasteiger partial charge in [-0.2, -0.15) is 0 Å². The minimum Gasteiger partial charge on any atom is -0.372 e. The van der Waals surface area contributed by atoms with Gasteiger partial charge in [-0.1, -0.05) is 82.1 Å². The summed E-state index contributed by atoms with van der Waals surface area (Å²) in [6.45, 7) is 7.75. The van der Waals surface area contributed by atoms with E-state index in [2.05, 4.69) is 32.9 Å². The zero-order valence-corrected chi connectivity index (χ0v) is 20.4. The first-order valence-corrected chi connectivity index (χ1v) is 13.2. The first-order valence-electron chi connectivity index (χ1n) is 11.4. The van der Waals surface area contributed by atoms with Crippen LogP contribution < -0.4 is 5.56 Å². The molecule has 0 spiro atoms. The van der Waals surface area contributed by atoms with Crippen molar-refractivity contribution < 1.29 is 4.74 Å². The van der Waals surface area contributed by atoms with E-state index in [-0.39, 0.29) is 11.7 Å². The molecule has 1 atom stereocenters. The summed E-state index contributed by atoms with van der Waals surface area (Å²) in [7, 11) is 0. The summed E-state index contributed by atoms with van der Waals surface area (Å²) in [5.41, 5.74) is 2.40. The van der Waals surface area contributed by atoms with Crippen LogP contribution in [0.4, 0.5) is 0 Å². The number of nitrogens with zero attached hydrogens (tertiary/aromatic N) is 2. The molecule has 1 aromatic carbocycles. The molecule has 166 valence electrons. The lowest BCUT2D eigenvalue weighted by atomic mass is 9.96. The van der Waals surface area contributed by atoms with Gasteiger partial charge in [0.25, 0.3) is 5.56 Å². The Hall–Kier alpha value is -1.63. The largest absolute Gasteiger partial charge is 0.372 e. The van der Waals surface area contributed by atoms with Crippen molar-refractivity contribution in [2.24, 2.45) is 5.92 Å². The maximum absolute atomic E-state index is 13.8. The lowest BCUT2D eigenvalue weighted by molar-refractivity contribution is 0.00200. The van der Waals surface area contributed by atoms with Crippen LogP contribution in [0.3, 0.4) is 0 Å². The molecule has 3 aromatic rings. The summed E-state index contributed by atoms with van der Waals surface area (Å²) in [4.78, 5) is 20.8. The van der Waals surface area contributed by atoms with Crippen LogP contribution >= 0.6 is 23.1 Å². The summed E-state index contributed by atoms with van der Waals surface area (Å²) in [5.74, 6) is 1.43. The minimum atomic E-state index is 0.104. The second-order valence-electron chi connectivity index (χ2n) is 8.66. The van der Waals surface area contributed by atoms with Gasteiger partial charge in [-0.05, 0) is 23.5 Å². The highest BCUT2D eigenvalue weighted by molar-refractivity contribution is 7.99. The Balaban J connectivity index is 1.73. The van der Waals surface area contributed by atoms with Crippen molar-refractivity contribution in [1.29, 1.82) is 0 Å². The molecule has 4 nitrogen and oxygen atoms in total. The topological polar surface area (TPSA) is 44.1 Å². The Morgan fingerprint density at radius 2 is 2.03 bits per heavy atom. The summed E-state index contributed by atoms with van der Waals surface area (Å²) in [6.07, 6.45) is 5.85. The van der Waals surface area contributed by atoms with Gasteiger partial charge in [0, 0.05) is 17.1 Å². The fourth-order valence-corrected chi connectivity index (χ4v) is 6.24. The number of fused-ring (bicyclic) bond motifs is 3. The van der Waals surface area contributed by atoms with Crippen molar-refractivity contribution in [1.82, 2.24) is 9.55 Å². The molecule has 0 N–H and O–H groups in total. The standard InChI is InChI=1S/C25H32N2O2S2/c1-4-5-6-10-13-30-25-26-23-22(19-14-20(17(2)3)29-16-21(19)31-23)24(28)27(25)15-18-11-8-7-9-12-18/h7-9,11-12,17,20H,4-6,10,13-16H2,1-3H3/t20-/m0/s1. The molecule has 0 bridgehead atoms. The molecule has 31 heavy (non-hydrogen) atoms. The Kier molecular flexibility index (Phi) is 7.51. The van der Waals surface area contributed by atoms with E-state index < -0.39 is 0 Å². The average molecular weight is 457 g/mol. The molecule has 0 unspecified atom stereocenters. The van der Waals surface area contributed by atoms with E-state index >= 15 is 0 Å². The van der Waals surface area contributed by atoms with Crippen molar-refractivity contribution in [3.63, 3.8) is 0 Å². The lowest BCUT2D eigenvalue weighted by Gasteiger charge is -2.26. The van der Waals surface area contributed by atoms with Crippen LogP contribution in [0.25, 0.3) is 10.2 Å². The molecule has 6 heteroatoms. The number of hydrogen-bond acceptors (Lipinski definition) is 5. The highest BCUT2D eigenvalue weighted by atomic mass is 32.2. The predicted octanol–water partition coefficient (Wildman–Crippen LogP) is 6.28. The van der Waals surface area contributed by atoms with Crippen molar-refractivity contribution in [3.05, 3.63) is 56.7 Å². The van der Waals surface area contributed by atoms with Crippen LogP contribution in [0.1, 0.15) is 62.5 Å². The van der Waals surface area contributed by atoms with Gasteiger partial charge in [-0.3, -0.25) is 9.36 Å².